The zero-order valence-corrected chi connectivity index (χ0v) is 18.5. The molecular formula is C25H31N5O2. The van der Waals surface area contributed by atoms with Gasteiger partial charge in [-0.05, 0) is 81.9 Å². The van der Waals surface area contributed by atoms with E-state index >= 15 is 0 Å². The third kappa shape index (κ3) is 4.21. The summed E-state index contributed by atoms with van der Waals surface area (Å²) in [5.74, 6) is 0.772. The topological polar surface area (TPSA) is 68.8 Å². The molecule has 3 amide bonds. The first kappa shape index (κ1) is 20.9. The summed E-state index contributed by atoms with van der Waals surface area (Å²) < 4.78 is 0. The first-order valence-electron chi connectivity index (χ1n) is 11.9. The van der Waals surface area contributed by atoms with E-state index in [0.717, 1.165) is 32.5 Å². The molecule has 0 spiro atoms. The summed E-state index contributed by atoms with van der Waals surface area (Å²) in [5, 5.41) is 2.91. The van der Waals surface area contributed by atoms with Crippen LogP contribution in [-0.4, -0.2) is 59.4 Å². The second kappa shape index (κ2) is 9.28. The molecule has 168 valence electrons. The number of pyridine rings is 1. The Balaban J connectivity index is 1.37. The van der Waals surface area contributed by atoms with Crippen LogP contribution in [0.1, 0.15) is 48.9 Å². The quantitative estimate of drug-likeness (QED) is 0.774. The van der Waals surface area contributed by atoms with Gasteiger partial charge in [0.05, 0.1) is 16.9 Å². The van der Waals surface area contributed by atoms with Crippen molar-refractivity contribution in [2.24, 2.45) is 5.92 Å². The highest BCUT2D eigenvalue weighted by atomic mass is 16.2. The van der Waals surface area contributed by atoms with Crippen LogP contribution in [0.15, 0.2) is 42.6 Å². The lowest BCUT2D eigenvalue weighted by Crippen LogP contribution is -2.47. The molecule has 0 radical (unpaired) electrons. The summed E-state index contributed by atoms with van der Waals surface area (Å²) in [6, 6.07) is 10.7. The minimum Gasteiger partial charge on any atom is -0.324 e. The number of anilines is 3. The fraction of sp³-hybridized carbons (Fsp3) is 0.480. The number of hydrogen-bond acceptors (Lipinski definition) is 4. The Kier molecular flexibility index (Phi) is 6.08. The van der Waals surface area contributed by atoms with E-state index in [1.165, 1.54) is 38.8 Å². The van der Waals surface area contributed by atoms with Gasteiger partial charge < -0.3 is 15.1 Å². The summed E-state index contributed by atoms with van der Waals surface area (Å²) in [7, 11) is 0. The summed E-state index contributed by atoms with van der Waals surface area (Å²) in [5.41, 5.74) is 1.63. The lowest BCUT2D eigenvalue weighted by molar-refractivity contribution is 0.102. The predicted molar refractivity (Wildman–Crippen MR) is 125 cm³/mol. The number of fused-ring (bicyclic) bond motifs is 2. The van der Waals surface area contributed by atoms with Gasteiger partial charge in [-0.15, -0.1) is 0 Å². The van der Waals surface area contributed by atoms with Crippen molar-refractivity contribution in [3.05, 3.63) is 48.2 Å². The lowest BCUT2D eigenvalue weighted by atomic mass is 9.94. The lowest BCUT2D eigenvalue weighted by Gasteiger charge is -2.37. The number of nitrogens with one attached hydrogen (secondary N) is 1. The monoisotopic (exact) mass is 433 g/mol. The molecule has 2 saturated heterocycles. The maximum absolute atomic E-state index is 13.9. The molecular weight excluding hydrogens is 402 g/mol. The Labute approximate surface area is 189 Å². The van der Waals surface area contributed by atoms with E-state index in [4.69, 9.17) is 0 Å². The highest BCUT2D eigenvalue weighted by Crippen LogP contribution is 2.37. The minimum atomic E-state index is -0.219. The fourth-order valence-electron chi connectivity index (χ4n) is 5.19. The van der Waals surface area contributed by atoms with E-state index < -0.39 is 0 Å². The van der Waals surface area contributed by atoms with Crippen molar-refractivity contribution >= 4 is 29.1 Å². The number of aromatic nitrogens is 1. The largest absolute Gasteiger partial charge is 0.330 e. The number of piperidine rings is 2. The first-order valence-corrected chi connectivity index (χ1v) is 11.9. The van der Waals surface area contributed by atoms with Crippen molar-refractivity contribution in [1.29, 1.82) is 0 Å². The van der Waals surface area contributed by atoms with Crippen LogP contribution >= 0.6 is 0 Å². The molecule has 1 atom stereocenters. The van der Waals surface area contributed by atoms with Gasteiger partial charge in [0, 0.05) is 19.3 Å². The van der Waals surface area contributed by atoms with Crippen LogP contribution < -0.4 is 10.2 Å². The molecule has 3 aliphatic heterocycles. The number of amides is 3. The molecule has 2 aromatic rings. The van der Waals surface area contributed by atoms with Gasteiger partial charge in [-0.3, -0.25) is 4.79 Å². The Bertz CT molecular complexity index is 988. The number of carbonyl (C=O) groups excluding carboxylic acids is 2. The van der Waals surface area contributed by atoms with Crippen molar-refractivity contribution in [3.63, 3.8) is 0 Å². The van der Waals surface area contributed by atoms with Crippen molar-refractivity contribution in [3.8, 4) is 0 Å². The Hall–Kier alpha value is -2.93. The fourth-order valence-corrected chi connectivity index (χ4v) is 5.19. The molecule has 7 nitrogen and oxygen atoms in total. The van der Waals surface area contributed by atoms with Crippen LogP contribution in [0.3, 0.4) is 0 Å². The standard InChI is InChI=1S/C25H31N5O2/c31-24-20-9-2-3-11-22(20)30(23-21(27-24)10-6-13-26-23)25(32)29-16-7-8-19(18-29)12-17-28-14-4-1-5-15-28/h2-3,6,9-11,13,19H,1,4-5,7-8,12,14-18H2,(H,27,31). The van der Waals surface area contributed by atoms with Gasteiger partial charge in [0.1, 0.15) is 0 Å². The van der Waals surface area contributed by atoms with E-state index in [1.807, 2.05) is 23.1 Å². The number of para-hydroxylation sites is 1. The van der Waals surface area contributed by atoms with Crippen LogP contribution in [0.5, 0.6) is 0 Å². The predicted octanol–water partition coefficient (Wildman–Crippen LogP) is 4.49. The molecule has 1 aromatic carbocycles. The van der Waals surface area contributed by atoms with E-state index in [2.05, 4.69) is 15.2 Å². The maximum atomic E-state index is 13.9. The number of urea groups is 1. The van der Waals surface area contributed by atoms with Gasteiger partial charge in [0.25, 0.3) is 5.91 Å². The van der Waals surface area contributed by atoms with Crippen molar-refractivity contribution in [1.82, 2.24) is 14.8 Å². The molecule has 1 unspecified atom stereocenters. The third-order valence-electron chi connectivity index (χ3n) is 6.92. The van der Waals surface area contributed by atoms with Crippen molar-refractivity contribution in [2.45, 2.75) is 38.5 Å². The maximum Gasteiger partial charge on any atom is 0.330 e. The highest BCUT2D eigenvalue weighted by molar-refractivity contribution is 6.16. The minimum absolute atomic E-state index is 0.100. The molecule has 2 fully saturated rings. The first-order chi connectivity index (χ1) is 15.7. The molecule has 4 heterocycles. The Morgan fingerprint density at radius 1 is 1.03 bits per heavy atom. The van der Waals surface area contributed by atoms with E-state index in [0.29, 0.717) is 28.7 Å². The number of rotatable bonds is 3. The van der Waals surface area contributed by atoms with Crippen LogP contribution in [0.2, 0.25) is 0 Å². The van der Waals surface area contributed by atoms with E-state index in [1.54, 1.807) is 29.3 Å². The number of hydrogen-bond donors (Lipinski definition) is 1. The van der Waals surface area contributed by atoms with E-state index in [-0.39, 0.29) is 11.9 Å². The normalized spacial score (nSPS) is 21.4. The molecule has 7 heteroatoms. The van der Waals surface area contributed by atoms with Crippen molar-refractivity contribution < 1.29 is 9.59 Å². The van der Waals surface area contributed by atoms with Gasteiger partial charge in [0.15, 0.2) is 5.82 Å². The van der Waals surface area contributed by atoms with Gasteiger partial charge >= 0.3 is 6.03 Å². The molecule has 0 aliphatic carbocycles. The average Bonchev–Trinajstić information content (AvgIpc) is 2.97. The second-order valence-electron chi connectivity index (χ2n) is 9.11. The molecule has 5 rings (SSSR count). The molecule has 1 N–H and O–H groups in total. The second-order valence-corrected chi connectivity index (χ2v) is 9.11. The summed E-state index contributed by atoms with van der Waals surface area (Å²) in [6.07, 6.45) is 8.95. The third-order valence-corrected chi connectivity index (χ3v) is 6.92. The van der Waals surface area contributed by atoms with Crippen LogP contribution in [0, 0.1) is 5.92 Å². The van der Waals surface area contributed by atoms with Gasteiger partial charge in [-0.1, -0.05) is 18.6 Å². The average molecular weight is 434 g/mol. The molecule has 32 heavy (non-hydrogen) atoms. The summed E-state index contributed by atoms with van der Waals surface area (Å²) >= 11 is 0. The molecule has 0 saturated carbocycles. The Morgan fingerprint density at radius 3 is 2.75 bits per heavy atom. The molecule has 1 aromatic heterocycles. The zero-order chi connectivity index (χ0) is 21.9. The van der Waals surface area contributed by atoms with Gasteiger partial charge in [-0.2, -0.15) is 0 Å². The van der Waals surface area contributed by atoms with Crippen LogP contribution in [0.25, 0.3) is 0 Å². The van der Waals surface area contributed by atoms with Crippen LogP contribution in [0.4, 0.5) is 22.0 Å². The van der Waals surface area contributed by atoms with Crippen molar-refractivity contribution in [2.75, 3.05) is 42.9 Å². The van der Waals surface area contributed by atoms with Crippen LogP contribution in [-0.2, 0) is 0 Å². The van der Waals surface area contributed by atoms with Gasteiger partial charge in [0.2, 0.25) is 0 Å². The number of nitrogens with zero attached hydrogens (tertiary/aromatic N) is 4. The zero-order valence-electron chi connectivity index (χ0n) is 18.5. The smallest absolute Gasteiger partial charge is 0.324 e. The van der Waals surface area contributed by atoms with E-state index in [9.17, 15) is 9.59 Å². The highest BCUT2D eigenvalue weighted by Gasteiger charge is 2.34. The molecule has 3 aliphatic rings. The Morgan fingerprint density at radius 2 is 1.88 bits per heavy atom. The summed E-state index contributed by atoms with van der Waals surface area (Å²) in [4.78, 5) is 37.3. The number of carbonyl (C=O) groups is 2. The SMILES string of the molecule is O=C1Nc2cccnc2N(C(=O)N2CCCC(CCN3CCCCC3)C2)c2ccccc21. The number of benzene rings is 1. The molecule has 0 bridgehead atoms. The number of likely N-dealkylation sites (tertiary alicyclic amines) is 2. The summed E-state index contributed by atoms with van der Waals surface area (Å²) in [6.45, 7) is 5.05. The van der Waals surface area contributed by atoms with Gasteiger partial charge in [-0.25, -0.2) is 14.7 Å².